The van der Waals surface area contributed by atoms with Gasteiger partial charge in [-0.15, -0.1) is 0 Å². The monoisotopic (exact) mass is 213 g/mol. The van der Waals surface area contributed by atoms with Crippen LogP contribution < -0.4 is 0 Å². The maximum absolute atomic E-state index is 11.8. The Morgan fingerprint density at radius 1 is 1.40 bits per heavy atom. The van der Waals surface area contributed by atoms with E-state index in [-0.39, 0.29) is 17.9 Å². The van der Waals surface area contributed by atoms with Gasteiger partial charge in [-0.05, 0) is 13.3 Å². The van der Waals surface area contributed by atoms with Crippen LogP contribution in [0, 0.1) is 11.8 Å². The lowest BCUT2D eigenvalue weighted by atomic mass is 10.2. The molecule has 1 N–H and O–H groups in total. The summed E-state index contributed by atoms with van der Waals surface area (Å²) in [6.07, 6.45) is 0.560. The first-order valence-electron chi connectivity index (χ1n) is 5.23. The third-order valence-corrected chi connectivity index (χ3v) is 2.98. The van der Waals surface area contributed by atoms with Crippen molar-refractivity contribution in [3.05, 3.63) is 0 Å². The van der Waals surface area contributed by atoms with E-state index in [0.717, 1.165) is 0 Å². The molecule has 1 unspecified atom stereocenters. The van der Waals surface area contributed by atoms with Crippen LogP contribution in [0.2, 0.25) is 0 Å². The molecule has 3 atom stereocenters. The van der Waals surface area contributed by atoms with Crippen LogP contribution >= 0.6 is 0 Å². The van der Waals surface area contributed by atoms with Crippen LogP contribution in [-0.2, 0) is 14.3 Å². The molecular formula is C10H15NO4. The van der Waals surface area contributed by atoms with Crippen LogP contribution in [0.25, 0.3) is 0 Å². The van der Waals surface area contributed by atoms with E-state index in [1.54, 1.807) is 4.90 Å². The van der Waals surface area contributed by atoms with Crippen molar-refractivity contribution in [2.24, 2.45) is 11.8 Å². The fourth-order valence-corrected chi connectivity index (χ4v) is 1.99. The Morgan fingerprint density at radius 3 is 2.67 bits per heavy atom. The Hall–Kier alpha value is -1.10. The molecule has 1 aliphatic carbocycles. The number of hydrogen-bond acceptors (Lipinski definition) is 3. The van der Waals surface area contributed by atoms with E-state index >= 15 is 0 Å². The Balaban J connectivity index is 1.89. The van der Waals surface area contributed by atoms with E-state index in [0.29, 0.717) is 26.1 Å². The molecule has 0 radical (unpaired) electrons. The summed E-state index contributed by atoms with van der Waals surface area (Å²) in [5.41, 5.74) is 0. The van der Waals surface area contributed by atoms with Gasteiger partial charge in [0.1, 0.15) is 0 Å². The van der Waals surface area contributed by atoms with Gasteiger partial charge in [-0.1, -0.05) is 0 Å². The van der Waals surface area contributed by atoms with Gasteiger partial charge in [-0.3, -0.25) is 9.59 Å². The molecule has 5 nitrogen and oxygen atoms in total. The van der Waals surface area contributed by atoms with Gasteiger partial charge in [-0.2, -0.15) is 0 Å². The zero-order valence-electron chi connectivity index (χ0n) is 8.68. The third kappa shape index (κ3) is 2.12. The van der Waals surface area contributed by atoms with Crippen molar-refractivity contribution in [3.63, 3.8) is 0 Å². The first kappa shape index (κ1) is 10.4. The van der Waals surface area contributed by atoms with Crippen molar-refractivity contribution in [1.29, 1.82) is 0 Å². The summed E-state index contributed by atoms with van der Waals surface area (Å²) in [7, 11) is 0. The second-order valence-corrected chi connectivity index (χ2v) is 4.25. The summed E-state index contributed by atoms with van der Waals surface area (Å²) in [5, 5.41) is 8.73. The number of hydrogen-bond donors (Lipinski definition) is 1. The van der Waals surface area contributed by atoms with E-state index in [4.69, 9.17) is 9.84 Å². The molecule has 84 valence electrons. The number of aliphatic carboxylic acids is 1. The Bertz CT molecular complexity index is 291. The highest BCUT2D eigenvalue weighted by Gasteiger charge is 2.50. The normalized spacial score (nSPS) is 35.0. The Kier molecular flexibility index (Phi) is 2.65. The number of ether oxygens (including phenoxy) is 1. The van der Waals surface area contributed by atoms with Gasteiger partial charge in [0.05, 0.1) is 24.5 Å². The van der Waals surface area contributed by atoms with Crippen molar-refractivity contribution < 1.29 is 19.4 Å². The number of amides is 1. The molecule has 0 aromatic rings. The molecule has 5 heteroatoms. The summed E-state index contributed by atoms with van der Waals surface area (Å²) in [6, 6.07) is 0. The number of nitrogens with zero attached hydrogens (tertiary/aromatic N) is 1. The molecule has 1 aliphatic heterocycles. The minimum absolute atomic E-state index is 0.0162. The number of carbonyl (C=O) groups excluding carboxylic acids is 1. The number of carbonyl (C=O) groups is 2. The first-order chi connectivity index (χ1) is 7.09. The minimum atomic E-state index is -0.852. The summed E-state index contributed by atoms with van der Waals surface area (Å²) in [4.78, 5) is 24.2. The van der Waals surface area contributed by atoms with Gasteiger partial charge >= 0.3 is 5.97 Å². The van der Waals surface area contributed by atoms with Crippen molar-refractivity contribution in [1.82, 2.24) is 4.90 Å². The van der Waals surface area contributed by atoms with E-state index in [9.17, 15) is 9.59 Å². The second kappa shape index (κ2) is 3.81. The van der Waals surface area contributed by atoms with E-state index in [1.807, 2.05) is 6.92 Å². The lowest BCUT2D eigenvalue weighted by molar-refractivity contribution is -0.144. The number of carboxylic acids is 1. The maximum Gasteiger partial charge on any atom is 0.307 e. The first-order valence-corrected chi connectivity index (χ1v) is 5.23. The molecule has 0 bridgehead atoms. The molecule has 1 saturated heterocycles. The average Bonchev–Trinajstić information content (AvgIpc) is 2.96. The van der Waals surface area contributed by atoms with Crippen molar-refractivity contribution in [3.8, 4) is 0 Å². The highest BCUT2D eigenvalue weighted by molar-refractivity contribution is 5.89. The Morgan fingerprint density at radius 2 is 2.13 bits per heavy atom. The summed E-state index contributed by atoms with van der Waals surface area (Å²) >= 11 is 0. The largest absolute Gasteiger partial charge is 0.481 e. The highest BCUT2D eigenvalue weighted by atomic mass is 16.5. The zero-order chi connectivity index (χ0) is 11.0. The molecule has 0 aromatic carbocycles. The quantitative estimate of drug-likeness (QED) is 0.698. The van der Waals surface area contributed by atoms with Crippen LogP contribution in [-0.4, -0.2) is 47.7 Å². The van der Waals surface area contributed by atoms with Crippen molar-refractivity contribution >= 4 is 11.9 Å². The van der Waals surface area contributed by atoms with Gasteiger partial charge in [0.25, 0.3) is 0 Å². The minimum Gasteiger partial charge on any atom is -0.481 e. The molecule has 1 heterocycles. The predicted molar refractivity (Wildman–Crippen MR) is 51.2 cm³/mol. The fourth-order valence-electron chi connectivity index (χ4n) is 1.99. The Labute approximate surface area is 88.0 Å². The summed E-state index contributed by atoms with van der Waals surface area (Å²) < 4.78 is 5.32. The highest BCUT2D eigenvalue weighted by Crippen LogP contribution is 2.40. The molecule has 2 aliphatic rings. The second-order valence-electron chi connectivity index (χ2n) is 4.25. The van der Waals surface area contributed by atoms with Crippen LogP contribution in [0.3, 0.4) is 0 Å². The van der Waals surface area contributed by atoms with Gasteiger partial charge in [-0.25, -0.2) is 0 Å². The van der Waals surface area contributed by atoms with Crippen molar-refractivity contribution in [2.75, 3.05) is 19.7 Å². The predicted octanol–water partition coefficient (Wildman–Crippen LogP) is -0.0456. The lowest BCUT2D eigenvalue weighted by Crippen LogP contribution is -2.45. The van der Waals surface area contributed by atoms with Gasteiger partial charge in [0.15, 0.2) is 0 Å². The zero-order valence-corrected chi connectivity index (χ0v) is 8.68. The van der Waals surface area contributed by atoms with Crippen LogP contribution in [0.4, 0.5) is 0 Å². The molecule has 2 fully saturated rings. The van der Waals surface area contributed by atoms with Gasteiger partial charge < -0.3 is 14.7 Å². The number of rotatable bonds is 2. The number of carboxylic acid groups (broad SMARTS) is 1. The topological polar surface area (TPSA) is 66.8 Å². The van der Waals surface area contributed by atoms with Crippen LogP contribution in [0.1, 0.15) is 13.3 Å². The smallest absolute Gasteiger partial charge is 0.307 e. The van der Waals surface area contributed by atoms with Gasteiger partial charge in [0, 0.05) is 13.1 Å². The lowest BCUT2D eigenvalue weighted by Gasteiger charge is -2.31. The van der Waals surface area contributed by atoms with Crippen molar-refractivity contribution in [2.45, 2.75) is 19.4 Å². The standard InChI is InChI=1S/C10H15NO4/c1-6-5-11(2-3-15-6)9(12)7-4-8(7)10(13)14/h6-8H,2-5H2,1H3,(H,13,14)/t6?,7-,8+/m1/s1. The SMILES string of the molecule is CC1CN(C(=O)[C@@H]2C[C@@H]2C(=O)O)CCO1. The van der Waals surface area contributed by atoms with Gasteiger partial charge in [0.2, 0.25) is 5.91 Å². The molecule has 0 aromatic heterocycles. The average molecular weight is 213 g/mol. The maximum atomic E-state index is 11.8. The van der Waals surface area contributed by atoms with Crippen LogP contribution in [0.15, 0.2) is 0 Å². The summed E-state index contributed by atoms with van der Waals surface area (Å²) in [5.74, 6) is -1.60. The molecular weight excluding hydrogens is 198 g/mol. The molecule has 0 spiro atoms. The van der Waals surface area contributed by atoms with Crippen LogP contribution in [0.5, 0.6) is 0 Å². The van der Waals surface area contributed by atoms with E-state index < -0.39 is 11.9 Å². The molecule has 1 saturated carbocycles. The molecule has 2 rings (SSSR count). The number of morpholine rings is 1. The van der Waals surface area contributed by atoms with E-state index in [2.05, 4.69) is 0 Å². The third-order valence-electron chi connectivity index (χ3n) is 2.98. The summed E-state index contributed by atoms with van der Waals surface area (Å²) in [6.45, 7) is 3.64. The molecule has 1 amide bonds. The van der Waals surface area contributed by atoms with E-state index in [1.165, 1.54) is 0 Å². The fraction of sp³-hybridized carbons (Fsp3) is 0.800. The molecule has 15 heavy (non-hydrogen) atoms.